The molecule has 1 aromatic carbocycles. The summed E-state index contributed by atoms with van der Waals surface area (Å²) in [6.45, 7) is 15.4. The molecule has 7 nitrogen and oxygen atoms in total. The van der Waals surface area contributed by atoms with Crippen LogP contribution in [-0.4, -0.2) is 22.7 Å². The number of ether oxygens (including phenoxy) is 2. The number of unbranched alkanes of at least 4 members (excludes halogenated alkanes) is 1. The van der Waals surface area contributed by atoms with Crippen LogP contribution in [0.25, 0.3) is 10.9 Å². The second-order valence-electron chi connectivity index (χ2n) is 10.8. The molecule has 1 aromatic heterocycles. The van der Waals surface area contributed by atoms with E-state index in [1.54, 1.807) is 10.6 Å². The monoisotopic (exact) mass is 550 g/mol. The lowest BCUT2D eigenvalue weighted by Gasteiger charge is -2.18. The van der Waals surface area contributed by atoms with Crippen molar-refractivity contribution >= 4 is 16.6 Å². The van der Waals surface area contributed by atoms with E-state index in [2.05, 4.69) is 53.7 Å². The van der Waals surface area contributed by atoms with E-state index < -0.39 is 4.92 Å². The van der Waals surface area contributed by atoms with Crippen LogP contribution in [0.3, 0.4) is 0 Å². The molecular formula is C33H46N2O5. The zero-order valence-corrected chi connectivity index (χ0v) is 25.3. The second kappa shape index (κ2) is 16.5. The van der Waals surface area contributed by atoms with Crippen molar-refractivity contribution in [2.45, 2.75) is 93.5 Å². The van der Waals surface area contributed by atoms with Crippen LogP contribution in [0, 0.1) is 10.1 Å². The molecule has 0 fully saturated rings. The van der Waals surface area contributed by atoms with Crippen molar-refractivity contribution in [3.63, 3.8) is 0 Å². The van der Waals surface area contributed by atoms with Gasteiger partial charge in [0.15, 0.2) is 5.75 Å². The molecule has 2 rings (SSSR count). The first-order chi connectivity index (χ1) is 19.0. The zero-order valence-electron chi connectivity index (χ0n) is 25.3. The highest BCUT2D eigenvalue weighted by molar-refractivity contribution is 5.89. The van der Waals surface area contributed by atoms with Crippen LogP contribution in [0.4, 0.5) is 5.69 Å². The third kappa shape index (κ3) is 10.2. The smallest absolute Gasteiger partial charge is 0.297 e. The Hall–Kier alpha value is -3.61. The molecular weight excluding hydrogens is 504 g/mol. The Labute approximate surface area is 239 Å². The standard InChI is InChI=1S/C33H46N2O5/c1-8-9-20-34-30-23-28(35(37)38)16-17-29(30)31(39-21-18-26(6)14-10-12-24(2)3)32(33(34)36)40-22-19-27(7)15-11-13-25(4)5/h12-13,16-19,23H,8-11,14-15,20-22H2,1-7H3. The average molecular weight is 551 g/mol. The van der Waals surface area contributed by atoms with Crippen molar-refractivity contribution in [1.82, 2.24) is 4.57 Å². The molecule has 0 N–H and O–H groups in total. The number of allylic oxidation sites excluding steroid dienone is 6. The molecule has 0 saturated carbocycles. The first kappa shape index (κ1) is 32.6. The van der Waals surface area contributed by atoms with E-state index in [4.69, 9.17) is 9.47 Å². The predicted octanol–water partition coefficient (Wildman–Crippen LogP) is 8.85. The summed E-state index contributed by atoms with van der Waals surface area (Å²) in [6, 6.07) is 4.56. The summed E-state index contributed by atoms with van der Waals surface area (Å²) in [6.07, 6.45) is 13.8. The first-order valence-corrected chi connectivity index (χ1v) is 14.2. The van der Waals surface area contributed by atoms with E-state index in [0.29, 0.717) is 23.2 Å². The number of fused-ring (bicyclic) bond motifs is 1. The molecule has 0 atom stereocenters. The molecule has 1 heterocycles. The van der Waals surface area contributed by atoms with Crippen LogP contribution < -0.4 is 15.0 Å². The lowest BCUT2D eigenvalue weighted by atomic mass is 10.1. The number of hydrogen-bond acceptors (Lipinski definition) is 5. The van der Waals surface area contributed by atoms with Crippen LogP contribution in [-0.2, 0) is 6.54 Å². The maximum atomic E-state index is 13.8. The van der Waals surface area contributed by atoms with E-state index in [1.165, 1.54) is 34.4 Å². The Morgan fingerprint density at radius 1 is 0.875 bits per heavy atom. The van der Waals surface area contributed by atoms with Crippen LogP contribution in [0.5, 0.6) is 11.5 Å². The summed E-state index contributed by atoms with van der Waals surface area (Å²) in [4.78, 5) is 24.8. The lowest BCUT2D eigenvalue weighted by molar-refractivity contribution is -0.384. The van der Waals surface area contributed by atoms with Gasteiger partial charge in [0.2, 0.25) is 5.75 Å². The van der Waals surface area contributed by atoms with Crippen molar-refractivity contribution < 1.29 is 14.4 Å². The minimum Gasteiger partial charge on any atom is -0.485 e. The van der Waals surface area contributed by atoms with Gasteiger partial charge in [-0.25, -0.2) is 0 Å². The number of aryl methyl sites for hydroxylation is 1. The number of rotatable bonds is 16. The fourth-order valence-corrected chi connectivity index (χ4v) is 4.22. The van der Waals surface area contributed by atoms with Gasteiger partial charge in [0.25, 0.3) is 11.2 Å². The highest BCUT2D eigenvalue weighted by atomic mass is 16.6. The van der Waals surface area contributed by atoms with Gasteiger partial charge in [0.1, 0.15) is 13.2 Å². The lowest BCUT2D eigenvalue weighted by Crippen LogP contribution is -2.24. The maximum Gasteiger partial charge on any atom is 0.297 e. The normalized spacial score (nSPS) is 11.9. The molecule has 2 aromatic rings. The molecule has 40 heavy (non-hydrogen) atoms. The van der Waals surface area contributed by atoms with Gasteiger partial charge < -0.3 is 14.0 Å². The number of pyridine rings is 1. The number of nitrogens with zero attached hydrogens (tertiary/aromatic N) is 2. The maximum absolute atomic E-state index is 13.8. The fourth-order valence-electron chi connectivity index (χ4n) is 4.22. The Balaban J connectivity index is 2.50. The minimum absolute atomic E-state index is 0.0679. The third-order valence-corrected chi connectivity index (χ3v) is 6.61. The van der Waals surface area contributed by atoms with Crippen LogP contribution in [0.2, 0.25) is 0 Å². The Bertz CT molecular complexity index is 1340. The molecule has 0 aliphatic rings. The summed E-state index contributed by atoms with van der Waals surface area (Å²) in [5.74, 6) is 0.466. The van der Waals surface area contributed by atoms with Crippen LogP contribution in [0.15, 0.2) is 69.6 Å². The van der Waals surface area contributed by atoms with Crippen LogP contribution >= 0.6 is 0 Å². The number of aromatic nitrogens is 1. The Morgan fingerprint density at radius 3 is 1.93 bits per heavy atom. The Kier molecular flexibility index (Phi) is 13.4. The number of hydrogen-bond donors (Lipinski definition) is 0. The predicted molar refractivity (Wildman–Crippen MR) is 166 cm³/mol. The van der Waals surface area contributed by atoms with Gasteiger partial charge in [-0.3, -0.25) is 14.9 Å². The van der Waals surface area contributed by atoms with Crippen molar-refractivity contribution in [3.8, 4) is 11.5 Å². The first-order valence-electron chi connectivity index (χ1n) is 14.2. The molecule has 0 saturated heterocycles. The summed E-state index contributed by atoms with van der Waals surface area (Å²) in [5.41, 5.74) is 5.02. The van der Waals surface area contributed by atoms with Gasteiger partial charge in [0.05, 0.1) is 10.4 Å². The summed E-state index contributed by atoms with van der Waals surface area (Å²) < 4.78 is 13.9. The van der Waals surface area contributed by atoms with E-state index in [1.807, 2.05) is 19.1 Å². The van der Waals surface area contributed by atoms with Gasteiger partial charge in [-0.05, 0) is 91.9 Å². The average Bonchev–Trinajstić information content (AvgIpc) is 2.89. The highest BCUT2D eigenvalue weighted by Crippen LogP contribution is 2.35. The second-order valence-corrected chi connectivity index (χ2v) is 10.8. The van der Waals surface area contributed by atoms with E-state index >= 15 is 0 Å². The van der Waals surface area contributed by atoms with Crippen LogP contribution in [0.1, 0.15) is 87.0 Å². The topological polar surface area (TPSA) is 83.6 Å². The van der Waals surface area contributed by atoms with Crippen molar-refractivity contribution in [1.29, 1.82) is 0 Å². The quantitative estimate of drug-likeness (QED) is 0.118. The van der Waals surface area contributed by atoms with E-state index in [-0.39, 0.29) is 30.2 Å². The number of nitro groups is 1. The van der Waals surface area contributed by atoms with Crippen molar-refractivity contribution in [3.05, 3.63) is 85.3 Å². The summed E-state index contributed by atoms with van der Waals surface area (Å²) >= 11 is 0. The molecule has 7 heteroatoms. The molecule has 0 bridgehead atoms. The molecule has 0 aliphatic carbocycles. The summed E-state index contributed by atoms with van der Waals surface area (Å²) in [5, 5.41) is 12.2. The fraction of sp³-hybridized carbons (Fsp3) is 0.485. The molecule has 0 unspecified atom stereocenters. The van der Waals surface area contributed by atoms with Crippen molar-refractivity contribution in [2.24, 2.45) is 0 Å². The SMILES string of the molecule is CCCCn1c(=O)c(OCC=C(C)CCC=C(C)C)c(OCC=C(C)CCC=C(C)C)c2ccc([N+](=O)[O-])cc21. The van der Waals surface area contributed by atoms with Crippen molar-refractivity contribution in [2.75, 3.05) is 13.2 Å². The van der Waals surface area contributed by atoms with Gasteiger partial charge in [-0.1, -0.05) is 47.8 Å². The summed E-state index contributed by atoms with van der Waals surface area (Å²) in [7, 11) is 0. The van der Waals surface area contributed by atoms with Gasteiger partial charge in [0, 0.05) is 24.1 Å². The molecule has 0 spiro atoms. The van der Waals surface area contributed by atoms with Gasteiger partial charge >= 0.3 is 0 Å². The largest absolute Gasteiger partial charge is 0.485 e. The number of benzene rings is 1. The highest BCUT2D eigenvalue weighted by Gasteiger charge is 2.21. The number of non-ortho nitro benzene ring substituents is 1. The Morgan fingerprint density at radius 2 is 1.43 bits per heavy atom. The number of nitro benzene ring substituents is 1. The van der Waals surface area contributed by atoms with E-state index in [9.17, 15) is 14.9 Å². The van der Waals surface area contributed by atoms with Gasteiger partial charge in [-0.15, -0.1) is 0 Å². The molecule has 0 aliphatic heterocycles. The molecule has 218 valence electrons. The zero-order chi connectivity index (χ0) is 29.7. The molecule has 0 radical (unpaired) electrons. The minimum atomic E-state index is -0.444. The van der Waals surface area contributed by atoms with E-state index in [0.717, 1.165) is 38.5 Å². The third-order valence-electron chi connectivity index (χ3n) is 6.61. The molecule has 0 amide bonds. The van der Waals surface area contributed by atoms with Gasteiger partial charge in [-0.2, -0.15) is 0 Å².